The summed E-state index contributed by atoms with van der Waals surface area (Å²) in [6, 6.07) is 10.7. The van der Waals surface area contributed by atoms with Crippen LogP contribution in [-0.2, 0) is 0 Å². The molecule has 2 atom stereocenters. The molecule has 80 valence electrons. The van der Waals surface area contributed by atoms with E-state index in [1.165, 1.54) is 5.56 Å². The standard InChI is InChI=1S/C12H15BrN2/c1-9(7-14)8-15-10(2)11-3-5-12(13)6-4-11/h3-6,9-10,15H,8H2,1-2H3/t9?,10-/m1/s1. The number of nitrogens with zero attached hydrogens (tertiary/aromatic N) is 1. The van der Waals surface area contributed by atoms with E-state index in [1.807, 2.05) is 19.1 Å². The molecule has 1 aromatic rings. The average molecular weight is 267 g/mol. The van der Waals surface area contributed by atoms with Gasteiger partial charge in [0.15, 0.2) is 0 Å². The molecule has 0 heterocycles. The van der Waals surface area contributed by atoms with Crippen LogP contribution in [0.5, 0.6) is 0 Å². The molecule has 0 aliphatic heterocycles. The zero-order valence-electron chi connectivity index (χ0n) is 9.00. The normalized spacial score (nSPS) is 14.3. The third kappa shape index (κ3) is 4.03. The Morgan fingerprint density at radius 3 is 2.47 bits per heavy atom. The lowest BCUT2D eigenvalue weighted by atomic mass is 10.1. The summed E-state index contributed by atoms with van der Waals surface area (Å²) in [5, 5.41) is 12.0. The second-order valence-electron chi connectivity index (χ2n) is 3.71. The van der Waals surface area contributed by atoms with E-state index in [9.17, 15) is 0 Å². The van der Waals surface area contributed by atoms with E-state index in [0.717, 1.165) is 11.0 Å². The van der Waals surface area contributed by atoms with Gasteiger partial charge >= 0.3 is 0 Å². The van der Waals surface area contributed by atoms with E-state index >= 15 is 0 Å². The van der Waals surface area contributed by atoms with Gasteiger partial charge in [-0.15, -0.1) is 0 Å². The Morgan fingerprint density at radius 1 is 1.33 bits per heavy atom. The first kappa shape index (κ1) is 12.2. The van der Waals surface area contributed by atoms with Crippen molar-refractivity contribution >= 4 is 15.9 Å². The smallest absolute Gasteiger partial charge is 0.0666 e. The van der Waals surface area contributed by atoms with Gasteiger partial charge in [0.05, 0.1) is 12.0 Å². The summed E-state index contributed by atoms with van der Waals surface area (Å²) in [4.78, 5) is 0. The molecule has 0 spiro atoms. The van der Waals surface area contributed by atoms with E-state index in [0.29, 0.717) is 0 Å². The summed E-state index contributed by atoms with van der Waals surface area (Å²) in [6.07, 6.45) is 0. The highest BCUT2D eigenvalue weighted by Crippen LogP contribution is 2.16. The lowest BCUT2D eigenvalue weighted by Gasteiger charge is -2.15. The van der Waals surface area contributed by atoms with Crippen molar-refractivity contribution in [3.8, 4) is 6.07 Å². The van der Waals surface area contributed by atoms with E-state index in [2.05, 4.69) is 46.4 Å². The SMILES string of the molecule is CC(C#N)CN[C@H](C)c1ccc(Br)cc1. The molecular weight excluding hydrogens is 252 g/mol. The number of nitrogens with one attached hydrogen (secondary N) is 1. The fourth-order valence-electron chi connectivity index (χ4n) is 1.27. The highest BCUT2D eigenvalue weighted by molar-refractivity contribution is 9.10. The summed E-state index contributed by atoms with van der Waals surface area (Å²) in [7, 11) is 0. The Hall–Kier alpha value is -0.850. The number of hydrogen-bond acceptors (Lipinski definition) is 2. The van der Waals surface area contributed by atoms with Crippen molar-refractivity contribution < 1.29 is 0 Å². The predicted octanol–water partition coefficient (Wildman–Crippen LogP) is 3.26. The van der Waals surface area contributed by atoms with Crippen molar-refractivity contribution in [1.29, 1.82) is 5.26 Å². The van der Waals surface area contributed by atoms with Crippen molar-refractivity contribution in [1.82, 2.24) is 5.32 Å². The molecule has 0 saturated carbocycles. The highest BCUT2D eigenvalue weighted by atomic mass is 79.9. The van der Waals surface area contributed by atoms with E-state index in [4.69, 9.17) is 5.26 Å². The molecule has 0 radical (unpaired) electrons. The molecule has 0 fully saturated rings. The fourth-order valence-corrected chi connectivity index (χ4v) is 1.53. The van der Waals surface area contributed by atoms with Crippen LogP contribution in [0, 0.1) is 17.2 Å². The van der Waals surface area contributed by atoms with Gasteiger partial charge in [0.2, 0.25) is 0 Å². The minimum Gasteiger partial charge on any atom is -0.309 e. The number of halogens is 1. The van der Waals surface area contributed by atoms with Crippen LogP contribution < -0.4 is 5.32 Å². The molecule has 2 nitrogen and oxygen atoms in total. The van der Waals surface area contributed by atoms with E-state index < -0.39 is 0 Å². The Bertz CT molecular complexity index is 340. The first-order chi connectivity index (χ1) is 7.13. The van der Waals surface area contributed by atoms with Crippen LogP contribution in [0.15, 0.2) is 28.7 Å². The van der Waals surface area contributed by atoms with Crippen molar-refractivity contribution in [3.63, 3.8) is 0 Å². The Morgan fingerprint density at radius 2 is 1.93 bits per heavy atom. The quantitative estimate of drug-likeness (QED) is 0.908. The van der Waals surface area contributed by atoms with Crippen LogP contribution in [0.25, 0.3) is 0 Å². The maximum atomic E-state index is 8.66. The van der Waals surface area contributed by atoms with Crippen molar-refractivity contribution in [2.45, 2.75) is 19.9 Å². The van der Waals surface area contributed by atoms with Crippen LogP contribution in [0.2, 0.25) is 0 Å². The van der Waals surface area contributed by atoms with Crippen molar-refractivity contribution in [2.75, 3.05) is 6.54 Å². The third-order valence-corrected chi connectivity index (χ3v) is 2.85. The van der Waals surface area contributed by atoms with Crippen molar-refractivity contribution in [2.24, 2.45) is 5.92 Å². The number of hydrogen-bond donors (Lipinski definition) is 1. The molecule has 0 aromatic heterocycles. The van der Waals surface area contributed by atoms with Gasteiger partial charge in [0, 0.05) is 17.1 Å². The molecular formula is C12H15BrN2. The average Bonchev–Trinajstić information content (AvgIpc) is 2.26. The summed E-state index contributed by atoms with van der Waals surface area (Å²) in [6.45, 7) is 4.75. The Balaban J connectivity index is 2.51. The largest absolute Gasteiger partial charge is 0.309 e. The molecule has 0 aliphatic rings. The zero-order valence-corrected chi connectivity index (χ0v) is 10.6. The zero-order chi connectivity index (χ0) is 11.3. The lowest BCUT2D eigenvalue weighted by Crippen LogP contribution is -2.23. The van der Waals surface area contributed by atoms with Gasteiger partial charge in [-0.2, -0.15) is 5.26 Å². The molecule has 1 N–H and O–H groups in total. The van der Waals surface area contributed by atoms with Gasteiger partial charge in [-0.1, -0.05) is 28.1 Å². The molecule has 3 heteroatoms. The van der Waals surface area contributed by atoms with Gasteiger partial charge in [-0.25, -0.2) is 0 Å². The minimum atomic E-state index is 0.0582. The maximum absolute atomic E-state index is 8.66. The second kappa shape index (κ2) is 5.89. The van der Waals surface area contributed by atoms with Crippen LogP contribution in [0.1, 0.15) is 25.5 Å². The molecule has 0 aliphatic carbocycles. The van der Waals surface area contributed by atoms with E-state index in [1.54, 1.807) is 0 Å². The fraction of sp³-hybridized carbons (Fsp3) is 0.417. The molecule has 15 heavy (non-hydrogen) atoms. The maximum Gasteiger partial charge on any atom is 0.0666 e. The first-order valence-electron chi connectivity index (χ1n) is 5.02. The monoisotopic (exact) mass is 266 g/mol. The Labute approximate surface area is 99.4 Å². The van der Waals surface area contributed by atoms with E-state index in [-0.39, 0.29) is 12.0 Å². The molecule has 1 aromatic carbocycles. The number of benzene rings is 1. The van der Waals surface area contributed by atoms with Crippen molar-refractivity contribution in [3.05, 3.63) is 34.3 Å². The van der Waals surface area contributed by atoms with Crippen LogP contribution in [-0.4, -0.2) is 6.54 Å². The molecule has 0 bridgehead atoms. The van der Waals surface area contributed by atoms with Gasteiger partial charge in [0.25, 0.3) is 0 Å². The summed E-state index contributed by atoms with van der Waals surface area (Å²) in [5.41, 5.74) is 1.24. The molecule has 1 unspecified atom stereocenters. The van der Waals surface area contributed by atoms with Crippen LogP contribution in [0.4, 0.5) is 0 Å². The van der Waals surface area contributed by atoms with Gasteiger partial charge in [0.1, 0.15) is 0 Å². The summed E-state index contributed by atoms with van der Waals surface area (Å²) >= 11 is 3.40. The second-order valence-corrected chi connectivity index (χ2v) is 4.63. The highest BCUT2D eigenvalue weighted by Gasteiger charge is 2.06. The Kier molecular flexibility index (Phi) is 4.80. The van der Waals surface area contributed by atoms with Crippen LogP contribution >= 0.6 is 15.9 Å². The van der Waals surface area contributed by atoms with Gasteiger partial charge < -0.3 is 5.32 Å². The molecule has 0 amide bonds. The minimum absolute atomic E-state index is 0.0582. The molecule has 1 rings (SSSR count). The third-order valence-electron chi connectivity index (χ3n) is 2.32. The van der Waals surface area contributed by atoms with Gasteiger partial charge in [-0.05, 0) is 31.5 Å². The number of nitriles is 1. The lowest BCUT2D eigenvalue weighted by molar-refractivity contribution is 0.528. The summed E-state index contributed by atoms with van der Waals surface area (Å²) in [5.74, 6) is 0.0582. The van der Waals surface area contributed by atoms with Crippen LogP contribution in [0.3, 0.4) is 0 Å². The topological polar surface area (TPSA) is 35.8 Å². The summed E-state index contributed by atoms with van der Waals surface area (Å²) < 4.78 is 1.09. The first-order valence-corrected chi connectivity index (χ1v) is 5.81. The predicted molar refractivity (Wildman–Crippen MR) is 65.3 cm³/mol. The number of rotatable bonds is 4. The van der Waals surface area contributed by atoms with Gasteiger partial charge in [-0.3, -0.25) is 0 Å². The molecule has 0 saturated heterocycles.